The molecule has 1 saturated carbocycles. The van der Waals surface area contributed by atoms with E-state index in [-0.39, 0.29) is 10.8 Å². The number of hydrazone groups is 1. The number of carbonyl (C=O) groups excluding carboxylic acids is 1. The lowest BCUT2D eigenvalue weighted by atomic mass is 9.90. The Hall–Kier alpha value is -1.73. The summed E-state index contributed by atoms with van der Waals surface area (Å²) in [6.45, 7) is 1.09. The van der Waals surface area contributed by atoms with Crippen molar-refractivity contribution in [3.05, 3.63) is 29.8 Å². The SMILES string of the molecule is O=C(N/N=C\C1CCCCC1)c1cccc(S(=O)(=O)N2CCCC2)c1. The molecule has 0 atom stereocenters. The van der Waals surface area contributed by atoms with Gasteiger partial charge in [-0.1, -0.05) is 25.3 Å². The van der Waals surface area contributed by atoms with Gasteiger partial charge in [0.05, 0.1) is 4.90 Å². The van der Waals surface area contributed by atoms with Crippen molar-refractivity contribution in [1.29, 1.82) is 0 Å². The van der Waals surface area contributed by atoms with Gasteiger partial charge in [0.2, 0.25) is 10.0 Å². The second-order valence-electron chi connectivity index (χ2n) is 6.76. The highest BCUT2D eigenvalue weighted by Crippen LogP contribution is 2.22. The van der Waals surface area contributed by atoms with Crippen molar-refractivity contribution in [3.63, 3.8) is 0 Å². The Labute approximate surface area is 149 Å². The third-order valence-corrected chi connectivity index (χ3v) is 6.79. The van der Waals surface area contributed by atoms with Gasteiger partial charge in [-0.15, -0.1) is 0 Å². The lowest BCUT2D eigenvalue weighted by molar-refractivity contribution is 0.0954. The molecule has 1 N–H and O–H groups in total. The summed E-state index contributed by atoms with van der Waals surface area (Å²) in [6.07, 6.45) is 9.50. The number of nitrogens with zero attached hydrogens (tertiary/aromatic N) is 2. The Morgan fingerprint density at radius 2 is 1.84 bits per heavy atom. The normalized spacial score (nSPS) is 20.2. The van der Waals surface area contributed by atoms with Crippen LogP contribution < -0.4 is 5.43 Å². The van der Waals surface area contributed by atoms with Gasteiger partial charge in [-0.25, -0.2) is 13.8 Å². The van der Waals surface area contributed by atoms with Crippen LogP contribution in [0.5, 0.6) is 0 Å². The van der Waals surface area contributed by atoms with Gasteiger partial charge in [-0.3, -0.25) is 4.79 Å². The molecule has 7 heteroatoms. The Morgan fingerprint density at radius 1 is 1.12 bits per heavy atom. The van der Waals surface area contributed by atoms with Crippen molar-refractivity contribution in [2.45, 2.75) is 49.8 Å². The van der Waals surface area contributed by atoms with Gasteiger partial charge in [-0.2, -0.15) is 9.41 Å². The zero-order valence-corrected chi connectivity index (χ0v) is 15.2. The Balaban J connectivity index is 1.66. The molecule has 6 nitrogen and oxygen atoms in total. The molecule has 2 aliphatic rings. The molecule has 1 saturated heterocycles. The predicted octanol–water partition coefficient (Wildman–Crippen LogP) is 2.77. The number of hydrogen-bond donors (Lipinski definition) is 1. The first-order valence-corrected chi connectivity index (χ1v) is 10.4. The maximum atomic E-state index is 12.6. The molecule has 0 bridgehead atoms. The second-order valence-corrected chi connectivity index (χ2v) is 8.69. The third kappa shape index (κ3) is 4.46. The van der Waals surface area contributed by atoms with E-state index in [1.54, 1.807) is 12.1 Å². The maximum Gasteiger partial charge on any atom is 0.271 e. The minimum atomic E-state index is -3.52. The van der Waals surface area contributed by atoms with Crippen molar-refractivity contribution >= 4 is 22.1 Å². The monoisotopic (exact) mass is 363 g/mol. The summed E-state index contributed by atoms with van der Waals surface area (Å²) >= 11 is 0. The fourth-order valence-corrected chi connectivity index (χ4v) is 4.99. The summed E-state index contributed by atoms with van der Waals surface area (Å²) in [5.74, 6) is 0.0430. The van der Waals surface area contributed by atoms with Crippen LogP contribution in [0.1, 0.15) is 55.3 Å². The fraction of sp³-hybridized carbons (Fsp3) is 0.556. The number of amides is 1. The zero-order valence-electron chi connectivity index (χ0n) is 14.4. The molecule has 0 aromatic heterocycles. The number of benzene rings is 1. The number of rotatable bonds is 5. The molecule has 136 valence electrons. The van der Waals surface area contributed by atoms with Gasteiger partial charge in [0.1, 0.15) is 0 Å². The van der Waals surface area contributed by atoms with E-state index in [2.05, 4.69) is 10.5 Å². The van der Waals surface area contributed by atoms with Gasteiger partial charge in [0, 0.05) is 24.9 Å². The highest BCUT2D eigenvalue weighted by Gasteiger charge is 2.27. The number of sulfonamides is 1. The molecular weight excluding hydrogens is 338 g/mol. The van der Waals surface area contributed by atoms with Gasteiger partial charge in [-0.05, 0) is 49.8 Å². The van der Waals surface area contributed by atoms with Crippen LogP contribution in [0, 0.1) is 5.92 Å². The van der Waals surface area contributed by atoms with Crippen LogP contribution >= 0.6 is 0 Å². The maximum absolute atomic E-state index is 12.6. The molecule has 1 amide bonds. The molecule has 0 spiro atoms. The van der Waals surface area contributed by atoms with Crippen LogP contribution in [0.4, 0.5) is 0 Å². The van der Waals surface area contributed by atoms with Gasteiger partial charge < -0.3 is 0 Å². The molecule has 0 radical (unpaired) electrons. The summed E-state index contributed by atoms with van der Waals surface area (Å²) in [5.41, 5.74) is 2.82. The van der Waals surface area contributed by atoms with Crippen molar-refractivity contribution in [2.24, 2.45) is 11.0 Å². The van der Waals surface area contributed by atoms with E-state index in [1.807, 2.05) is 6.21 Å². The third-order valence-electron chi connectivity index (χ3n) is 4.90. The van der Waals surface area contributed by atoms with E-state index >= 15 is 0 Å². The van der Waals surface area contributed by atoms with E-state index in [0.29, 0.717) is 24.6 Å². The minimum Gasteiger partial charge on any atom is -0.267 e. The van der Waals surface area contributed by atoms with Crippen molar-refractivity contribution < 1.29 is 13.2 Å². The molecule has 2 fully saturated rings. The molecule has 1 aliphatic heterocycles. The Kier molecular flexibility index (Phi) is 5.86. The van der Waals surface area contributed by atoms with Gasteiger partial charge in [0.15, 0.2) is 0 Å². The highest BCUT2D eigenvalue weighted by atomic mass is 32.2. The average molecular weight is 363 g/mol. The largest absolute Gasteiger partial charge is 0.271 e. The van der Waals surface area contributed by atoms with Crippen LogP contribution in [-0.2, 0) is 10.0 Å². The highest BCUT2D eigenvalue weighted by molar-refractivity contribution is 7.89. The molecular formula is C18H25N3O3S. The van der Waals surface area contributed by atoms with E-state index in [9.17, 15) is 13.2 Å². The Morgan fingerprint density at radius 3 is 2.56 bits per heavy atom. The van der Waals surface area contributed by atoms with Gasteiger partial charge >= 0.3 is 0 Å². The van der Waals surface area contributed by atoms with E-state index < -0.39 is 10.0 Å². The van der Waals surface area contributed by atoms with Crippen LogP contribution in [0.15, 0.2) is 34.3 Å². The van der Waals surface area contributed by atoms with Crippen molar-refractivity contribution in [1.82, 2.24) is 9.73 Å². The Bertz CT molecular complexity index is 734. The summed E-state index contributed by atoms with van der Waals surface area (Å²) in [6, 6.07) is 6.17. The first-order chi connectivity index (χ1) is 12.1. The van der Waals surface area contributed by atoms with Crippen LogP contribution in [-0.4, -0.2) is 37.9 Å². The summed E-state index contributed by atoms with van der Waals surface area (Å²) in [4.78, 5) is 12.4. The van der Waals surface area contributed by atoms with Gasteiger partial charge in [0.25, 0.3) is 5.91 Å². The molecule has 1 aromatic carbocycles. The predicted molar refractivity (Wildman–Crippen MR) is 97.0 cm³/mol. The van der Waals surface area contributed by atoms with E-state index in [0.717, 1.165) is 25.7 Å². The summed E-state index contributed by atoms with van der Waals surface area (Å²) < 4.78 is 26.7. The molecule has 1 heterocycles. The molecule has 25 heavy (non-hydrogen) atoms. The molecule has 1 aliphatic carbocycles. The number of carbonyl (C=O) groups is 1. The lowest BCUT2D eigenvalue weighted by Crippen LogP contribution is -2.28. The average Bonchev–Trinajstić information content (AvgIpc) is 3.18. The van der Waals surface area contributed by atoms with Crippen LogP contribution in [0.2, 0.25) is 0 Å². The number of hydrogen-bond acceptors (Lipinski definition) is 4. The van der Waals surface area contributed by atoms with Crippen molar-refractivity contribution in [2.75, 3.05) is 13.1 Å². The van der Waals surface area contributed by atoms with Crippen LogP contribution in [0.25, 0.3) is 0 Å². The molecule has 3 rings (SSSR count). The number of nitrogens with one attached hydrogen (secondary N) is 1. The smallest absolute Gasteiger partial charge is 0.267 e. The van der Waals surface area contributed by atoms with E-state index in [4.69, 9.17) is 0 Å². The fourth-order valence-electron chi connectivity index (χ4n) is 3.42. The van der Waals surface area contributed by atoms with Crippen molar-refractivity contribution in [3.8, 4) is 0 Å². The standard InChI is InChI=1S/C18H25N3O3S/c22-18(20-19-14-15-7-2-1-3-8-15)16-9-6-10-17(13-16)25(23,24)21-11-4-5-12-21/h6,9-10,13-15H,1-5,7-8,11-12H2,(H,20,22)/b19-14-. The van der Waals surface area contributed by atoms with E-state index in [1.165, 1.54) is 35.7 Å². The zero-order chi connectivity index (χ0) is 17.7. The first-order valence-electron chi connectivity index (χ1n) is 9.01. The summed E-state index contributed by atoms with van der Waals surface area (Å²) in [7, 11) is -3.52. The topological polar surface area (TPSA) is 78.8 Å². The lowest BCUT2D eigenvalue weighted by Gasteiger charge is -2.17. The molecule has 1 aromatic rings. The molecule has 0 unspecified atom stereocenters. The second kappa shape index (κ2) is 8.10. The summed E-state index contributed by atoms with van der Waals surface area (Å²) in [5, 5.41) is 4.06. The minimum absolute atomic E-state index is 0.165. The van der Waals surface area contributed by atoms with Crippen LogP contribution in [0.3, 0.4) is 0 Å². The first kappa shape index (κ1) is 18.1. The quantitative estimate of drug-likeness (QED) is 0.645.